The highest BCUT2D eigenvalue weighted by Crippen LogP contribution is 2.26. The molecule has 1 aromatic carbocycles. The van der Waals surface area contributed by atoms with Gasteiger partial charge in [-0.25, -0.2) is 4.79 Å². The van der Waals surface area contributed by atoms with Crippen LogP contribution in [0.4, 0.5) is 0 Å². The lowest BCUT2D eigenvalue weighted by atomic mass is 10.1. The van der Waals surface area contributed by atoms with Crippen molar-refractivity contribution in [3.8, 4) is 11.5 Å². The molecule has 0 saturated carbocycles. The summed E-state index contributed by atoms with van der Waals surface area (Å²) in [4.78, 5) is 10.4. The van der Waals surface area contributed by atoms with Gasteiger partial charge in [0.2, 0.25) is 0 Å². The lowest BCUT2D eigenvalue weighted by molar-refractivity contribution is -0.269. The smallest absolute Gasteiger partial charge is 0.338 e. The fraction of sp³-hybridized carbons (Fsp3) is 0.125. The number of phenols is 1. The van der Waals surface area contributed by atoms with Crippen LogP contribution in [0.1, 0.15) is 15.9 Å². The second-order valence-corrected chi connectivity index (χ2v) is 2.45. The van der Waals surface area contributed by atoms with Crippen molar-refractivity contribution in [1.82, 2.24) is 0 Å². The minimum Gasteiger partial charge on any atom is -0.872 e. The van der Waals surface area contributed by atoms with Gasteiger partial charge in [0.05, 0.1) is 12.2 Å². The number of aliphatic hydroxyl groups excluding tert-OH is 1. The lowest BCUT2D eigenvalue weighted by Crippen LogP contribution is -2.05. The van der Waals surface area contributed by atoms with E-state index >= 15 is 0 Å². The normalized spacial score (nSPS) is 9.92. The molecule has 0 fully saturated rings. The fourth-order valence-corrected chi connectivity index (χ4v) is 0.962. The van der Waals surface area contributed by atoms with E-state index in [2.05, 4.69) is 0 Å². The van der Waals surface area contributed by atoms with Crippen LogP contribution < -0.4 is 5.11 Å². The molecule has 1 rings (SSSR count). The van der Waals surface area contributed by atoms with Crippen molar-refractivity contribution >= 4 is 5.97 Å². The summed E-state index contributed by atoms with van der Waals surface area (Å²) < 4.78 is 0. The van der Waals surface area contributed by atoms with Crippen molar-refractivity contribution in [2.75, 3.05) is 0 Å². The van der Waals surface area contributed by atoms with Crippen molar-refractivity contribution in [1.29, 1.82) is 0 Å². The molecule has 13 heavy (non-hydrogen) atoms. The third kappa shape index (κ3) is 1.70. The lowest BCUT2D eigenvalue weighted by Gasteiger charge is -2.12. The first-order chi connectivity index (χ1) is 6.06. The summed E-state index contributed by atoms with van der Waals surface area (Å²) in [5.74, 6) is -2.91. The molecule has 5 nitrogen and oxygen atoms in total. The Morgan fingerprint density at radius 3 is 2.46 bits per heavy atom. The van der Waals surface area contributed by atoms with Crippen molar-refractivity contribution in [2.45, 2.75) is 6.61 Å². The minimum atomic E-state index is -1.48. The number of rotatable bonds is 2. The van der Waals surface area contributed by atoms with E-state index in [-0.39, 0.29) is 5.56 Å². The summed E-state index contributed by atoms with van der Waals surface area (Å²) in [7, 11) is 0. The molecule has 0 atom stereocenters. The van der Waals surface area contributed by atoms with Gasteiger partial charge in [-0.2, -0.15) is 0 Å². The van der Waals surface area contributed by atoms with Crippen molar-refractivity contribution in [3.05, 3.63) is 23.3 Å². The molecule has 5 heteroatoms. The van der Waals surface area contributed by atoms with E-state index < -0.39 is 29.6 Å². The van der Waals surface area contributed by atoms with Gasteiger partial charge in [0.15, 0.2) is 0 Å². The predicted octanol–water partition coefficient (Wildman–Crippen LogP) is -0.344. The van der Waals surface area contributed by atoms with E-state index in [0.29, 0.717) is 0 Å². The van der Waals surface area contributed by atoms with Crippen molar-refractivity contribution in [3.63, 3.8) is 0 Å². The Morgan fingerprint density at radius 2 is 2.08 bits per heavy atom. The monoisotopic (exact) mass is 183 g/mol. The largest absolute Gasteiger partial charge is 0.872 e. The first-order valence-corrected chi connectivity index (χ1v) is 3.43. The van der Waals surface area contributed by atoms with E-state index in [1.807, 2.05) is 0 Å². The highest BCUT2D eigenvalue weighted by atomic mass is 16.4. The third-order valence-electron chi connectivity index (χ3n) is 1.54. The van der Waals surface area contributed by atoms with Gasteiger partial charge in [-0.15, -0.1) is 0 Å². The van der Waals surface area contributed by atoms with Gasteiger partial charge in [-0.1, -0.05) is 11.8 Å². The Balaban J connectivity index is 3.31. The summed E-state index contributed by atoms with van der Waals surface area (Å²) in [6.45, 7) is -0.414. The number of benzene rings is 1. The van der Waals surface area contributed by atoms with Gasteiger partial charge in [0, 0.05) is 0 Å². The van der Waals surface area contributed by atoms with E-state index in [1.54, 1.807) is 0 Å². The molecule has 0 aliphatic heterocycles. The standard InChI is InChI=1S/C8H8O5/c9-3-4-1-5(10)7(8(12)13)6(11)2-4/h1-2,9-11H,3H2,(H,12,13)/p-1. The van der Waals surface area contributed by atoms with Crippen LogP contribution in [0.15, 0.2) is 12.1 Å². The molecule has 1 aromatic rings. The van der Waals surface area contributed by atoms with Crippen LogP contribution in [0, 0.1) is 0 Å². The number of aromatic carboxylic acids is 1. The van der Waals surface area contributed by atoms with Gasteiger partial charge in [0.25, 0.3) is 0 Å². The maximum Gasteiger partial charge on any atom is 0.338 e. The molecule has 0 aliphatic rings. The first-order valence-electron chi connectivity index (χ1n) is 3.43. The number of hydrogen-bond acceptors (Lipinski definition) is 4. The molecule has 0 bridgehead atoms. The molecule has 0 aromatic heterocycles. The molecule has 0 aliphatic carbocycles. The van der Waals surface area contributed by atoms with Gasteiger partial charge >= 0.3 is 5.97 Å². The Kier molecular flexibility index (Phi) is 2.39. The summed E-state index contributed by atoms with van der Waals surface area (Å²) >= 11 is 0. The van der Waals surface area contributed by atoms with Gasteiger partial charge < -0.3 is 20.4 Å². The zero-order valence-electron chi connectivity index (χ0n) is 6.52. The number of hydrogen-bond donors (Lipinski definition) is 3. The van der Waals surface area contributed by atoms with E-state index in [9.17, 15) is 9.90 Å². The third-order valence-corrected chi connectivity index (χ3v) is 1.54. The average molecular weight is 183 g/mol. The Morgan fingerprint density at radius 1 is 1.46 bits per heavy atom. The van der Waals surface area contributed by atoms with Crippen LogP contribution >= 0.6 is 0 Å². The van der Waals surface area contributed by atoms with Crippen LogP contribution in [-0.2, 0) is 6.61 Å². The molecule has 0 unspecified atom stereocenters. The first kappa shape index (κ1) is 9.34. The topological polar surface area (TPSA) is 101 Å². The minimum absolute atomic E-state index is 0.188. The number of aromatic hydroxyl groups is 1. The molecule has 0 amide bonds. The second kappa shape index (κ2) is 3.32. The Labute approximate surface area is 73.5 Å². The van der Waals surface area contributed by atoms with Crippen molar-refractivity contribution in [2.24, 2.45) is 0 Å². The number of carboxylic acids is 1. The Hall–Kier alpha value is -1.75. The quantitative estimate of drug-likeness (QED) is 0.582. The molecule has 0 heterocycles. The maximum absolute atomic E-state index is 11.0. The number of aliphatic hydroxyl groups is 1. The van der Waals surface area contributed by atoms with Gasteiger partial charge in [0.1, 0.15) is 5.75 Å². The Bertz CT molecular complexity index is 321. The highest BCUT2D eigenvalue weighted by molar-refractivity contribution is 5.93. The van der Waals surface area contributed by atoms with E-state index in [1.165, 1.54) is 0 Å². The molecule has 3 N–H and O–H groups in total. The van der Waals surface area contributed by atoms with Crippen LogP contribution in [0.5, 0.6) is 11.5 Å². The summed E-state index contributed by atoms with van der Waals surface area (Å²) in [5.41, 5.74) is -0.482. The zero-order valence-corrected chi connectivity index (χ0v) is 6.52. The molecule has 0 radical (unpaired) electrons. The summed E-state index contributed by atoms with van der Waals surface area (Å²) in [6.07, 6.45) is 0. The molecule has 0 saturated heterocycles. The van der Waals surface area contributed by atoms with Crippen LogP contribution in [0.25, 0.3) is 0 Å². The van der Waals surface area contributed by atoms with Crippen LogP contribution in [-0.4, -0.2) is 21.3 Å². The fourth-order valence-electron chi connectivity index (χ4n) is 0.962. The molecule has 0 spiro atoms. The summed E-state index contributed by atoms with van der Waals surface area (Å²) in [5, 5.41) is 37.2. The van der Waals surface area contributed by atoms with Gasteiger partial charge in [-0.3, -0.25) is 0 Å². The van der Waals surface area contributed by atoms with Crippen molar-refractivity contribution < 1.29 is 25.2 Å². The number of carbonyl (C=O) groups is 1. The zero-order chi connectivity index (χ0) is 10.0. The van der Waals surface area contributed by atoms with Gasteiger partial charge in [-0.05, 0) is 11.6 Å². The second-order valence-electron chi connectivity index (χ2n) is 2.45. The van der Waals surface area contributed by atoms with Crippen LogP contribution in [0.2, 0.25) is 0 Å². The van der Waals surface area contributed by atoms with Crippen LogP contribution in [0.3, 0.4) is 0 Å². The molecular weight excluding hydrogens is 176 g/mol. The molecular formula is C8H7O5-. The number of carboxylic acid groups (broad SMARTS) is 1. The maximum atomic E-state index is 11.0. The highest BCUT2D eigenvalue weighted by Gasteiger charge is 2.10. The van der Waals surface area contributed by atoms with E-state index in [4.69, 9.17) is 15.3 Å². The average Bonchev–Trinajstić information content (AvgIpc) is 2.02. The van der Waals surface area contributed by atoms with E-state index in [0.717, 1.165) is 12.1 Å². The SMILES string of the molecule is O=C(O)c1c([O-])cc(CO)cc1O. The summed E-state index contributed by atoms with van der Waals surface area (Å²) in [6, 6.07) is 2.02. The predicted molar refractivity (Wildman–Crippen MR) is 40.4 cm³/mol. The molecule has 70 valence electrons.